The molecule has 1 aliphatic heterocycles. The number of para-hydroxylation sites is 1. The summed E-state index contributed by atoms with van der Waals surface area (Å²) in [7, 11) is 0. The summed E-state index contributed by atoms with van der Waals surface area (Å²) in [5, 5.41) is 0.674. The van der Waals surface area contributed by atoms with Crippen LogP contribution >= 0.6 is 27.7 Å². The summed E-state index contributed by atoms with van der Waals surface area (Å²) in [4.78, 5) is 20.9. The quantitative estimate of drug-likeness (QED) is 0.210. The molecule has 1 heterocycles. The predicted octanol–water partition coefficient (Wildman–Crippen LogP) is 8.39. The monoisotopic (exact) mass is 568 g/mol. The first-order valence-electron chi connectivity index (χ1n) is 12.0. The maximum Gasteiger partial charge on any atom is 0.267 e. The van der Waals surface area contributed by atoms with Gasteiger partial charge < -0.3 is 4.74 Å². The highest BCUT2D eigenvalue weighted by atomic mass is 79.9. The molecule has 0 N–H and O–H groups in total. The lowest BCUT2D eigenvalue weighted by Gasteiger charge is -2.24. The van der Waals surface area contributed by atoms with Crippen LogP contribution in [0.15, 0.2) is 124 Å². The fraction of sp³-hybridized carbons (Fsp3) is 0.0968. The van der Waals surface area contributed by atoms with Crippen LogP contribution in [-0.2, 0) is 11.4 Å². The summed E-state index contributed by atoms with van der Waals surface area (Å²) in [6.07, 6.45) is 1.92. The molecule has 1 amide bonds. The lowest BCUT2D eigenvalue weighted by molar-refractivity contribution is -0.123. The Kier molecular flexibility index (Phi) is 7.87. The number of carbonyl (C=O) groups excluding carboxylic acids is 1. The Morgan fingerprint density at radius 3 is 2.22 bits per heavy atom. The Morgan fingerprint density at radius 2 is 1.54 bits per heavy atom. The summed E-state index contributed by atoms with van der Waals surface area (Å²) in [5.41, 5.74) is 3.91. The minimum atomic E-state index is -0.149. The Balaban J connectivity index is 1.37. The van der Waals surface area contributed by atoms with Gasteiger partial charge in [0, 0.05) is 4.47 Å². The lowest BCUT2D eigenvalue weighted by atomic mass is 10.1. The zero-order valence-corrected chi connectivity index (χ0v) is 22.7. The Morgan fingerprint density at radius 1 is 0.892 bits per heavy atom. The average molecular weight is 570 g/mol. The molecule has 4 aromatic rings. The molecule has 4 aromatic carbocycles. The molecule has 0 aromatic heterocycles. The standard InChI is InChI=1S/C31H25BrN2O2S/c1-22(25-8-4-2-5-9-25)34-30(35)29(37-31(34)33-27-10-6-3-7-11-27)20-23-14-18-28(19-15-23)36-21-24-12-16-26(32)17-13-24/h2-20,22H,21H2,1H3/b29-20+,33-31?/t22-/m0/s1. The molecule has 0 unspecified atom stereocenters. The fourth-order valence-corrected chi connectivity index (χ4v) is 5.29. The smallest absolute Gasteiger partial charge is 0.267 e. The van der Waals surface area contributed by atoms with Crippen LogP contribution in [0.5, 0.6) is 5.75 Å². The molecule has 1 aliphatic rings. The second kappa shape index (κ2) is 11.6. The van der Waals surface area contributed by atoms with E-state index in [0.29, 0.717) is 16.7 Å². The second-order valence-corrected chi connectivity index (χ2v) is 10.5. The molecular weight excluding hydrogens is 544 g/mol. The molecule has 0 aliphatic carbocycles. The van der Waals surface area contributed by atoms with Crippen molar-refractivity contribution in [1.82, 2.24) is 4.90 Å². The molecule has 0 spiro atoms. The molecular formula is C31H25BrN2O2S. The zero-order valence-electron chi connectivity index (χ0n) is 20.3. The van der Waals surface area contributed by atoms with Crippen LogP contribution in [0.1, 0.15) is 29.7 Å². The summed E-state index contributed by atoms with van der Waals surface area (Å²) < 4.78 is 6.97. The van der Waals surface area contributed by atoms with E-state index in [1.165, 1.54) is 11.8 Å². The van der Waals surface area contributed by atoms with Gasteiger partial charge in [0.05, 0.1) is 16.6 Å². The maximum absolute atomic E-state index is 13.6. The van der Waals surface area contributed by atoms with Crippen LogP contribution in [0.3, 0.4) is 0 Å². The molecule has 1 atom stereocenters. The minimum absolute atomic E-state index is 0.0494. The topological polar surface area (TPSA) is 41.9 Å². The predicted molar refractivity (Wildman–Crippen MR) is 156 cm³/mol. The minimum Gasteiger partial charge on any atom is -0.489 e. The number of nitrogens with zero attached hydrogens (tertiary/aromatic N) is 2. The van der Waals surface area contributed by atoms with E-state index in [2.05, 4.69) is 15.9 Å². The van der Waals surface area contributed by atoms with Crippen molar-refractivity contribution >= 4 is 50.5 Å². The number of carbonyl (C=O) groups is 1. The zero-order chi connectivity index (χ0) is 25.6. The van der Waals surface area contributed by atoms with Crippen molar-refractivity contribution in [2.75, 3.05) is 0 Å². The van der Waals surface area contributed by atoms with Gasteiger partial charge in [-0.05, 0) is 77.9 Å². The van der Waals surface area contributed by atoms with E-state index in [9.17, 15) is 4.79 Å². The van der Waals surface area contributed by atoms with Gasteiger partial charge in [-0.3, -0.25) is 9.69 Å². The summed E-state index contributed by atoms with van der Waals surface area (Å²) >= 11 is 4.86. The third-order valence-electron chi connectivity index (χ3n) is 5.98. The van der Waals surface area contributed by atoms with Crippen molar-refractivity contribution in [3.05, 3.63) is 135 Å². The molecule has 1 saturated heterocycles. The number of amidine groups is 1. The molecule has 4 nitrogen and oxygen atoms in total. The summed E-state index contributed by atoms with van der Waals surface area (Å²) in [6.45, 7) is 2.53. The Hall–Kier alpha value is -3.61. The highest BCUT2D eigenvalue weighted by Crippen LogP contribution is 2.39. The van der Waals surface area contributed by atoms with Gasteiger partial charge in [0.15, 0.2) is 5.17 Å². The SMILES string of the molecule is C[C@@H](c1ccccc1)N1C(=O)/C(=C\c2ccc(OCc3ccc(Br)cc3)cc2)SC1=Nc1ccccc1. The molecule has 1 fully saturated rings. The van der Waals surface area contributed by atoms with Crippen molar-refractivity contribution in [3.8, 4) is 5.75 Å². The van der Waals surface area contributed by atoms with Crippen LogP contribution in [0, 0.1) is 0 Å². The molecule has 0 radical (unpaired) electrons. The van der Waals surface area contributed by atoms with Gasteiger partial charge in [-0.2, -0.15) is 0 Å². The number of amides is 1. The van der Waals surface area contributed by atoms with Crippen molar-refractivity contribution in [2.45, 2.75) is 19.6 Å². The van der Waals surface area contributed by atoms with Crippen LogP contribution in [0.2, 0.25) is 0 Å². The number of ether oxygens (including phenoxy) is 1. The van der Waals surface area contributed by atoms with Crippen LogP contribution in [0.4, 0.5) is 5.69 Å². The number of hydrogen-bond acceptors (Lipinski definition) is 4. The van der Waals surface area contributed by atoms with Gasteiger partial charge in [-0.1, -0.05) is 88.7 Å². The molecule has 184 valence electrons. The number of rotatable bonds is 7. The van der Waals surface area contributed by atoms with E-state index in [4.69, 9.17) is 9.73 Å². The number of benzene rings is 4. The van der Waals surface area contributed by atoms with Crippen molar-refractivity contribution in [3.63, 3.8) is 0 Å². The number of halogens is 1. The van der Waals surface area contributed by atoms with E-state index in [1.807, 2.05) is 122 Å². The van der Waals surface area contributed by atoms with Crippen molar-refractivity contribution in [1.29, 1.82) is 0 Å². The van der Waals surface area contributed by atoms with Gasteiger partial charge in [-0.25, -0.2) is 4.99 Å². The first-order valence-corrected chi connectivity index (χ1v) is 13.6. The van der Waals surface area contributed by atoms with Gasteiger partial charge in [0.25, 0.3) is 5.91 Å². The number of aliphatic imine (C=N–C) groups is 1. The summed E-state index contributed by atoms with van der Waals surface area (Å²) in [6, 6.07) is 35.5. The lowest BCUT2D eigenvalue weighted by Crippen LogP contribution is -2.32. The van der Waals surface area contributed by atoms with Crippen LogP contribution in [0.25, 0.3) is 6.08 Å². The third-order valence-corrected chi connectivity index (χ3v) is 7.50. The molecule has 5 rings (SSSR count). The van der Waals surface area contributed by atoms with Gasteiger partial charge in [-0.15, -0.1) is 0 Å². The van der Waals surface area contributed by atoms with E-state index >= 15 is 0 Å². The van der Waals surface area contributed by atoms with Gasteiger partial charge in [0.1, 0.15) is 12.4 Å². The average Bonchev–Trinajstić information content (AvgIpc) is 3.23. The first-order chi connectivity index (χ1) is 18.1. The molecule has 0 saturated carbocycles. The first kappa shape index (κ1) is 25.1. The van der Waals surface area contributed by atoms with Crippen LogP contribution in [-0.4, -0.2) is 16.0 Å². The third kappa shape index (κ3) is 6.21. The van der Waals surface area contributed by atoms with Gasteiger partial charge in [0.2, 0.25) is 0 Å². The van der Waals surface area contributed by atoms with Crippen molar-refractivity contribution in [2.24, 2.45) is 4.99 Å². The van der Waals surface area contributed by atoms with Crippen molar-refractivity contribution < 1.29 is 9.53 Å². The second-order valence-electron chi connectivity index (χ2n) is 8.59. The molecule has 0 bridgehead atoms. The van der Waals surface area contributed by atoms with E-state index in [0.717, 1.165) is 32.6 Å². The van der Waals surface area contributed by atoms with E-state index < -0.39 is 0 Å². The number of thioether (sulfide) groups is 1. The highest BCUT2D eigenvalue weighted by Gasteiger charge is 2.37. The maximum atomic E-state index is 13.6. The number of hydrogen-bond donors (Lipinski definition) is 0. The molecule has 6 heteroatoms. The largest absolute Gasteiger partial charge is 0.489 e. The fourth-order valence-electron chi connectivity index (χ4n) is 3.96. The van der Waals surface area contributed by atoms with E-state index in [1.54, 1.807) is 4.90 Å². The molecule has 37 heavy (non-hydrogen) atoms. The summed E-state index contributed by atoms with van der Waals surface area (Å²) in [5.74, 6) is 0.729. The Labute approximate surface area is 229 Å². The highest BCUT2D eigenvalue weighted by molar-refractivity contribution is 9.10. The van der Waals surface area contributed by atoms with Gasteiger partial charge >= 0.3 is 0 Å². The normalized spacial score (nSPS) is 16.4. The Bertz CT molecular complexity index is 1420. The van der Waals surface area contributed by atoms with E-state index in [-0.39, 0.29) is 11.9 Å². The van der Waals surface area contributed by atoms with Crippen LogP contribution < -0.4 is 4.74 Å².